The van der Waals surface area contributed by atoms with Crippen molar-refractivity contribution in [2.45, 2.75) is 13.8 Å². The zero-order chi connectivity index (χ0) is 13.1. The molecule has 0 atom stereocenters. The minimum absolute atomic E-state index is 0.119. The number of hydrogen-bond donors (Lipinski definition) is 1. The van der Waals surface area contributed by atoms with E-state index in [1.807, 2.05) is 30.0 Å². The number of piperazine rings is 1. The van der Waals surface area contributed by atoms with E-state index in [4.69, 9.17) is 5.73 Å². The zero-order valence-electron chi connectivity index (χ0n) is 11.1. The van der Waals surface area contributed by atoms with Gasteiger partial charge in [-0.05, 0) is 37.2 Å². The molecule has 0 unspecified atom stereocenters. The van der Waals surface area contributed by atoms with Crippen LogP contribution in [-0.4, -0.2) is 48.4 Å². The molecule has 0 bridgehead atoms. The van der Waals surface area contributed by atoms with Gasteiger partial charge in [-0.1, -0.05) is 6.92 Å². The number of rotatable bonds is 2. The Bertz CT molecular complexity index is 437. The summed E-state index contributed by atoms with van der Waals surface area (Å²) in [6.45, 7) is 8.71. The molecule has 0 aliphatic carbocycles. The van der Waals surface area contributed by atoms with Gasteiger partial charge in [0.1, 0.15) is 0 Å². The Kier molecular flexibility index (Phi) is 3.87. The molecule has 0 radical (unpaired) electrons. The van der Waals surface area contributed by atoms with Crippen molar-refractivity contribution in [1.82, 2.24) is 9.80 Å². The lowest BCUT2D eigenvalue weighted by molar-refractivity contribution is 0.0643. The fourth-order valence-corrected chi connectivity index (χ4v) is 2.26. The third-order valence-corrected chi connectivity index (χ3v) is 3.62. The number of aryl methyl sites for hydroxylation is 1. The molecule has 1 aromatic rings. The van der Waals surface area contributed by atoms with E-state index in [0.717, 1.165) is 49.5 Å². The van der Waals surface area contributed by atoms with Crippen LogP contribution in [0.1, 0.15) is 22.8 Å². The van der Waals surface area contributed by atoms with Gasteiger partial charge in [0.15, 0.2) is 0 Å². The van der Waals surface area contributed by atoms with Crippen LogP contribution in [0.15, 0.2) is 18.2 Å². The van der Waals surface area contributed by atoms with E-state index in [-0.39, 0.29) is 5.91 Å². The van der Waals surface area contributed by atoms with Gasteiger partial charge in [-0.15, -0.1) is 0 Å². The molecule has 4 heteroatoms. The summed E-state index contributed by atoms with van der Waals surface area (Å²) in [5, 5.41) is 0. The molecule has 1 fully saturated rings. The highest BCUT2D eigenvalue weighted by atomic mass is 16.2. The fourth-order valence-electron chi connectivity index (χ4n) is 2.26. The third kappa shape index (κ3) is 2.64. The average Bonchev–Trinajstić information content (AvgIpc) is 2.41. The second kappa shape index (κ2) is 5.40. The largest absolute Gasteiger partial charge is 0.399 e. The first-order chi connectivity index (χ1) is 8.61. The molecular weight excluding hydrogens is 226 g/mol. The van der Waals surface area contributed by atoms with Gasteiger partial charge in [-0.25, -0.2) is 0 Å². The van der Waals surface area contributed by atoms with Crippen molar-refractivity contribution >= 4 is 11.6 Å². The molecule has 4 nitrogen and oxygen atoms in total. The van der Waals surface area contributed by atoms with Gasteiger partial charge >= 0.3 is 0 Å². The number of likely N-dealkylation sites (N-methyl/N-ethyl adjacent to an activating group) is 1. The zero-order valence-corrected chi connectivity index (χ0v) is 11.1. The minimum Gasteiger partial charge on any atom is -0.399 e. The van der Waals surface area contributed by atoms with E-state index in [1.54, 1.807) is 0 Å². The second-order valence-corrected chi connectivity index (χ2v) is 4.80. The number of hydrogen-bond acceptors (Lipinski definition) is 3. The summed E-state index contributed by atoms with van der Waals surface area (Å²) in [5.74, 6) is 0.119. The lowest BCUT2D eigenvalue weighted by atomic mass is 10.1. The van der Waals surface area contributed by atoms with Crippen LogP contribution >= 0.6 is 0 Å². The van der Waals surface area contributed by atoms with Crippen LogP contribution in [-0.2, 0) is 0 Å². The van der Waals surface area contributed by atoms with Crippen LogP contribution in [0, 0.1) is 6.92 Å². The Labute approximate surface area is 108 Å². The number of amides is 1. The minimum atomic E-state index is 0.119. The van der Waals surface area contributed by atoms with Crippen molar-refractivity contribution in [2.24, 2.45) is 0 Å². The average molecular weight is 247 g/mol. The number of benzene rings is 1. The van der Waals surface area contributed by atoms with E-state index in [2.05, 4.69) is 11.8 Å². The van der Waals surface area contributed by atoms with Crippen LogP contribution in [0.5, 0.6) is 0 Å². The van der Waals surface area contributed by atoms with E-state index in [1.165, 1.54) is 0 Å². The molecular formula is C14H21N3O. The topological polar surface area (TPSA) is 49.6 Å². The molecule has 2 N–H and O–H groups in total. The summed E-state index contributed by atoms with van der Waals surface area (Å²) >= 11 is 0. The number of anilines is 1. The van der Waals surface area contributed by atoms with Crippen LogP contribution in [0.2, 0.25) is 0 Å². The molecule has 1 amide bonds. The Morgan fingerprint density at radius 3 is 2.50 bits per heavy atom. The van der Waals surface area contributed by atoms with Crippen molar-refractivity contribution in [1.29, 1.82) is 0 Å². The predicted molar refractivity (Wildman–Crippen MR) is 73.6 cm³/mol. The van der Waals surface area contributed by atoms with Crippen molar-refractivity contribution in [2.75, 3.05) is 38.5 Å². The number of nitrogens with two attached hydrogens (primary N) is 1. The maximum absolute atomic E-state index is 12.3. The molecule has 0 aromatic heterocycles. The molecule has 1 aliphatic heterocycles. The molecule has 0 saturated carbocycles. The van der Waals surface area contributed by atoms with E-state index < -0.39 is 0 Å². The van der Waals surface area contributed by atoms with Crippen LogP contribution in [0.4, 0.5) is 5.69 Å². The molecule has 1 saturated heterocycles. The molecule has 0 spiro atoms. The van der Waals surface area contributed by atoms with Gasteiger partial charge in [0.05, 0.1) is 0 Å². The van der Waals surface area contributed by atoms with Crippen molar-refractivity contribution in [3.8, 4) is 0 Å². The van der Waals surface area contributed by atoms with E-state index >= 15 is 0 Å². The summed E-state index contributed by atoms with van der Waals surface area (Å²) in [6, 6.07) is 5.51. The Morgan fingerprint density at radius 2 is 1.94 bits per heavy atom. The number of carbonyl (C=O) groups is 1. The monoisotopic (exact) mass is 247 g/mol. The first kappa shape index (κ1) is 12.9. The Balaban J connectivity index is 2.05. The molecule has 1 heterocycles. The maximum Gasteiger partial charge on any atom is 0.253 e. The summed E-state index contributed by atoms with van der Waals surface area (Å²) < 4.78 is 0. The molecule has 18 heavy (non-hydrogen) atoms. The third-order valence-electron chi connectivity index (χ3n) is 3.62. The highest BCUT2D eigenvalue weighted by Crippen LogP contribution is 2.15. The van der Waals surface area contributed by atoms with E-state index in [0.29, 0.717) is 0 Å². The van der Waals surface area contributed by atoms with E-state index in [9.17, 15) is 4.79 Å². The molecule has 98 valence electrons. The van der Waals surface area contributed by atoms with Gasteiger partial charge in [-0.2, -0.15) is 0 Å². The van der Waals surface area contributed by atoms with Gasteiger partial charge in [0.25, 0.3) is 5.91 Å². The smallest absolute Gasteiger partial charge is 0.253 e. The highest BCUT2D eigenvalue weighted by Gasteiger charge is 2.21. The van der Waals surface area contributed by atoms with Crippen LogP contribution in [0.25, 0.3) is 0 Å². The summed E-state index contributed by atoms with van der Waals surface area (Å²) in [6.07, 6.45) is 0. The van der Waals surface area contributed by atoms with Crippen LogP contribution < -0.4 is 5.73 Å². The second-order valence-electron chi connectivity index (χ2n) is 4.80. The van der Waals surface area contributed by atoms with Gasteiger partial charge < -0.3 is 15.5 Å². The quantitative estimate of drug-likeness (QED) is 0.803. The normalized spacial score (nSPS) is 16.9. The number of nitrogens with zero attached hydrogens (tertiary/aromatic N) is 2. The standard InChI is InChI=1S/C14H21N3O/c1-3-16-6-8-17(9-7-16)14(18)12-4-5-13(15)11(2)10-12/h4-5,10H,3,6-9,15H2,1-2H3. The van der Waals surface area contributed by atoms with Crippen molar-refractivity contribution in [3.05, 3.63) is 29.3 Å². The van der Waals surface area contributed by atoms with Gasteiger partial charge in [0, 0.05) is 37.4 Å². The van der Waals surface area contributed by atoms with Crippen molar-refractivity contribution in [3.63, 3.8) is 0 Å². The SMILES string of the molecule is CCN1CCN(C(=O)c2ccc(N)c(C)c2)CC1. The predicted octanol–water partition coefficient (Wildman–Crippen LogP) is 1.35. The number of nitrogen functional groups attached to an aromatic ring is 1. The molecule has 1 aromatic carbocycles. The lowest BCUT2D eigenvalue weighted by Gasteiger charge is -2.34. The molecule has 1 aliphatic rings. The Hall–Kier alpha value is -1.55. The summed E-state index contributed by atoms with van der Waals surface area (Å²) in [5.41, 5.74) is 8.22. The highest BCUT2D eigenvalue weighted by molar-refractivity contribution is 5.95. The summed E-state index contributed by atoms with van der Waals surface area (Å²) in [4.78, 5) is 16.6. The fraction of sp³-hybridized carbons (Fsp3) is 0.500. The first-order valence-electron chi connectivity index (χ1n) is 6.49. The number of carbonyl (C=O) groups excluding carboxylic acids is 1. The van der Waals surface area contributed by atoms with Crippen molar-refractivity contribution < 1.29 is 4.79 Å². The maximum atomic E-state index is 12.3. The van der Waals surface area contributed by atoms with Gasteiger partial charge in [-0.3, -0.25) is 4.79 Å². The van der Waals surface area contributed by atoms with Crippen LogP contribution in [0.3, 0.4) is 0 Å². The first-order valence-corrected chi connectivity index (χ1v) is 6.49. The molecule has 2 rings (SSSR count). The van der Waals surface area contributed by atoms with Gasteiger partial charge in [0.2, 0.25) is 0 Å². The summed E-state index contributed by atoms with van der Waals surface area (Å²) in [7, 11) is 0. The Morgan fingerprint density at radius 1 is 1.28 bits per heavy atom. The lowest BCUT2D eigenvalue weighted by Crippen LogP contribution is -2.48.